The molecule has 24 heavy (non-hydrogen) atoms. The molecule has 1 aliphatic rings. The number of likely N-dealkylation sites (tertiary alicyclic amines) is 1. The number of pyridine rings is 1. The van der Waals surface area contributed by atoms with Crippen molar-refractivity contribution in [3.8, 4) is 5.88 Å². The van der Waals surface area contributed by atoms with Crippen molar-refractivity contribution in [1.82, 2.24) is 19.9 Å². The Morgan fingerprint density at radius 1 is 1.33 bits per heavy atom. The number of rotatable bonds is 2. The van der Waals surface area contributed by atoms with Crippen molar-refractivity contribution in [2.24, 2.45) is 0 Å². The molecule has 0 radical (unpaired) electrons. The van der Waals surface area contributed by atoms with Crippen LogP contribution in [0.3, 0.4) is 0 Å². The largest absolute Gasteiger partial charge is 0.481 e. The molecule has 7 heteroatoms. The summed E-state index contributed by atoms with van der Waals surface area (Å²) in [6.07, 6.45) is 1.65. The summed E-state index contributed by atoms with van der Waals surface area (Å²) in [5.41, 5.74) is 1.03. The van der Waals surface area contributed by atoms with Gasteiger partial charge in [0.2, 0.25) is 5.88 Å². The van der Waals surface area contributed by atoms with Crippen LogP contribution in [0, 0.1) is 0 Å². The summed E-state index contributed by atoms with van der Waals surface area (Å²) < 4.78 is 10.6. The molecule has 1 fully saturated rings. The Balaban J connectivity index is 1.76. The van der Waals surface area contributed by atoms with Gasteiger partial charge in [0.05, 0.1) is 12.6 Å². The van der Waals surface area contributed by atoms with Crippen LogP contribution in [0.5, 0.6) is 5.88 Å². The molecule has 130 valence electrons. The predicted octanol–water partition coefficient (Wildman–Crippen LogP) is 3.08. The Morgan fingerprint density at radius 3 is 2.83 bits per heavy atom. The van der Waals surface area contributed by atoms with Crippen LogP contribution in [0.2, 0.25) is 0 Å². The van der Waals surface area contributed by atoms with E-state index in [4.69, 9.17) is 9.47 Å². The lowest BCUT2D eigenvalue weighted by molar-refractivity contribution is 0.0196. The molecule has 0 aromatic carbocycles. The number of piperidine rings is 1. The first kappa shape index (κ1) is 16.5. The van der Waals surface area contributed by atoms with Gasteiger partial charge < -0.3 is 19.4 Å². The molecule has 1 aliphatic heterocycles. The molecular weight excluding hydrogens is 308 g/mol. The smallest absolute Gasteiger partial charge is 0.410 e. The number of hydrogen-bond donors (Lipinski definition) is 1. The average Bonchev–Trinajstić information content (AvgIpc) is 2.96. The molecule has 1 amide bonds. The molecule has 1 saturated heterocycles. The Bertz CT molecular complexity index is 735. The number of methoxy groups -OCH3 is 1. The van der Waals surface area contributed by atoms with Gasteiger partial charge in [-0.15, -0.1) is 0 Å². The van der Waals surface area contributed by atoms with Gasteiger partial charge in [-0.3, -0.25) is 0 Å². The van der Waals surface area contributed by atoms with Gasteiger partial charge in [0, 0.05) is 25.1 Å². The number of H-pyrrole nitrogens is 1. The number of hydrogen-bond acceptors (Lipinski definition) is 5. The van der Waals surface area contributed by atoms with Crippen LogP contribution in [0.1, 0.15) is 45.4 Å². The number of amides is 1. The minimum atomic E-state index is -0.482. The van der Waals surface area contributed by atoms with Gasteiger partial charge in [-0.1, -0.05) is 0 Å². The Labute approximate surface area is 141 Å². The summed E-state index contributed by atoms with van der Waals surface area (Å²) in [6.45, 7) is 6.96. The third-order valence-electron chi connectivity index (χ3n) is 4.01. The van der Waals surface area contributed by atoms with E-state index in [1.54, 1.807) is 18.1 Å². The summed E-state index contributed by atoms with van der Waals surface area (Å²) >= 11 is 0. The van der Waals surface area contributed by atoms with Gasteiger partial charge in [-0.05, 0) is 39.7 Å². The van der Waals surface area contributed by atoms with Crippen molar-refractivity contribution in [1.29, 1.82) is 0 Å². The van der Waals surface area contributed by atoms with Gasteiger partial charge in [0.25, 0.3) is 0 Å². The number of nitrogens with one attached hydrogen (secondary N) is 1. The molecule has 3 heterocycles. The standard InChI is InChI=1S/C17H24N4O3/c1-17(2,3)24-16(22)21-9-5-6-11(10-21)14-18-12-7-8-13(23-4)19-15(12)20-14/h7-8,11H,5-6,9-10H2,1-4H3,(H,18,19,20). The van der Waals surface area contributed by atoms with E-state index in [9.17, 15) is 4.79 Å². The molecule has 2 aromatic heterocycles. The number of ether oxygens (including phenoxy) is 2. The quantitative estimate of drug-likeness (QED) is 0.914. The normalized spacial score (nSPS) is 18.7. The average molecular weight is 332 g/mol. The van der Waals surface area contributed by atoms with Crippen LogP contribution >= 0.6 is 0 Å². The molecular formula is C17H24N4O3. The number of imidazole rings is 1. The summed E-state index contributed by atoms with van der Waals surface area (Å²) in [4.78, 5) is 26.3. The van der Waals surface area contributed by atoms with Gasteiger partial charge >= 0.3 is 6.09 Å². The van der Waals surface area contributed by atoms with Crippen molar-refractivity contribution in [2.45, 2.75) is 45.1 Å². The van der Waals surface area contributed by atoms with E-state index in [0.717, 1.165) is 30.7 Å². The number of aromatic amines is 1. The predicted molar refractivity (Wildman–Crippen MR) is 90.2 cm³/mol. The van der Waals surface area contributed by atoms with E-state index in [2.05, 4.69) is 15.0 Å². The van der Waals surface area contributed by atoms with E-state index < -0.39 is 5.60 Å². The lowest BCUT2D eigenvalue weighted by atomic mass is 9.98. The van der Waals surface area contributed by atoms with E-state index in [1.165, 1.54) is 0 Å². The van der Waals surface area contributed by atoms with Gasteiger partial charge in [-0.2, -0.15) is 4.98 Å². The highest BCUT2D eigenvalue weighted by atomic mass is 16.6. The SMILES string of the molecule is COc1ccc2[nH]c(C3CCCN(C(=O)OC(C)(C)C)C3)nc2n1. The zero-order valence-electron chi connectivity index (χ0n) is 14.6. The van der Waals surface area contributed by atoms with Crippen molar-refractivity contribution in [2.75, 3.05) is 20.2 Å². The maximum absolute atomic E-state index is 12.3. The molecule has 1 N–H and O–H groups in total. The highest BCUT2D eigenvalue weighted by Gasteiger charge is 2.29. The molecule has 0 spiro atoms. The fourth-order valence-corrected chi connectivity index (χ4v) is 2.89. The third-order valence-corrected chi connectivity index (χ3v) is 4.01. The van der Waals surface area contributed by atoms with Crippen LogP contribution in [-0.4, -0.2) is 51.7 Å². The number of nitrogens with zero attached hydrogens (tertiary/aromatic N) is 3. The molecule has 0 saturated carbocycles. The van der Waals surface area contributed by atoms with Gasteiger partial charge in [0.15, 0.2) is 5.65 Å². The molecule has 1 atom stereocenters. The minimum absolute atomic E-state index is 0.159. The highest BCUT2D eigenvalue weighted by Crippen LogP contribution is 2.27. The number of carbonyl (C=O) groups is 1. The van der Waals surface area contributed by atoms with E-state index >= 15 is 0 Å². The molecule has 1 unspecified atom stereocenters. The van der Waals surface area contributed by atoms with Crippen LogP contribution < -0.4 is 4.74 Å². The van der Waals surface area contributed by atoms with Crippen LogP contribution in [-0.2, 0) is 4.74 Å². The second-order valence-corrected chi connectivity index (χ2v) is 7.11. The Morgan fingerprint density at radius 2 is 2.12 bits per heavy atom. The second-order valence-electron chi connectivity index (χ2n) is 7.11. The van der Waals surface area contributed by atoms with E-state index in [0.29, 0.717) is 18.1 Å². The van der Waals surface area contributed by atoms with Gasteiger partial charge in [0.1, 0.15) is 11.4 Å². The monoisotopic (exact) mass is 332 g/mol. The summed E-state index contributed by atoms with van der Waals surface area (Å²) in [7, 11) is 1.58. The number of aromatic nitrogens is 3. The fraction of sp³-hybridized carbons (Fsp3) is 0.588. The summed E-state index contributed by atoms with van der Waals surface area (Å²) in [6, 6.07) is 3.71. The second kappa shape index (κ2) is 6.30. The number of fused-ring (bicyclic) bond motifs is 1. The maximum atomic E-state index is 12.3. The first-order chi connectivity index (χ1) is 11.4. The summed E-state index contributed by atoms with van der Waals surface area (Å²) in [5.74, 6) is 1.56. The van der Waals surface area contributed by atoms with E-state index in [1.807, 2.05) is 26.8 Å². The number of carbonyl (C=O) groups excluding carboxylic acids is 1. The first-order valence-electron chi connectivity index (χ1n) is 8.24. The molecule has 7 nitrogen and oxygen atoms in total. The van der Waals surface area contributed by atoms with Crippen LogP contribution in [0.15, 0.2) is 12.1 Å². The van der Waals surface area contributed by atoms with Gasteiger partial charge in [-0.25, -0.2) is 9.78 Å². The van der Waals surface area contributed by atoms with Crippen LogP contribution in [0.4, 0.5) is 4.79 Å². The zero-order chi connectivity index (χ0) is 17.3. The first-order valence-corrected chi connectivity index (χ1v) is 8.24. The topological polar surface area (TPSA) is 80.3 Å². The molecule has 3 rings (SSSR count). The lowest BCUT2D eigenvalue weighted by Crippen LogP contribution is -2.42. The summed E-state index contributed by atoms with van der Waals surface area (Å²) in [5, 5.41) is 0. The van der Waals surface area contributed by atoms with Crippen molar-refractivity contribution in [3.05, 3.63) is 18.0 Å². The van der Waals surface area contributed by atoms with E-state index in [-0.39, 0.29) is 12.0 Å². The van der Waals surface area contributed by atoms with Crippen molar-refractivity contribution >= 4 is 17.3 Å². The zero-order valence-corrected chi connectivity index (χ0v) is 14.6. The molecule has 0 aliphatic carbocycles. The Kier molecular flexibility index (Phi) is 4.34. The third kappa shape index (κ3) is 3.60. The molecule has 2 aromatic rings. The fourth-order valence-electron chi connectivity index (χ4n) is 2.89. The highest BCUT2D eigenvalue weighted by molar-refractivity contribution is 5.71. The lowest BCUT2D eigenvalue weighted by Gasteiger charge is -2.33. The van der Waals surface area contributed by atoms with Crippen molar-refractivity contribution in [3.63, 3.8) is 0 Å². The van der Waals surface area contributed by atoms with Crippen molar-refractivity contribution < 1.29 is 14.3 Å². The maximum Gasteiger partial charge on any atom is 0.410 e. The molecule has 0 bridgehead atoms. The van der Waals surface area contributed by atoms with Crippen LogP contribution in [0.25, 0.3) is 11.2 Å². The minimum Gasteiger partial charge on any atom is -0.481 e. The Hall–Kier alpha value is -2.31.